The molecule has 1 N–H and O–H groups in total. The molecule has 0 heterocycles. The van der Waals surface area contributed by atoms with Crippen molar-refractivity contribution in [2.24, 2.45) is 0 Å². The van der Waals surface area contributed by atoms with Crippen LogP contribution in [0.5, 0.6) is 0 Å². The molecule has 0 amide bonds. The molecule has 0 atom stereocenters. The summed E-state index contributed by atoms with van der Waals surface area (Å²) in [6.07, 6.45) is 0. The minimum atomic E-state index is -0.877. The van der Waals surface area contributed by atoms with Crippen LogP contribution in [0.4, 0.5) is 15.8 Å². The van der Waals surface area contributed by atoms with E-state index in [2.05, 4.69) is 11.4 Å². The van der Waals surface area contributed by atoms with Crippen LogP contribution in [0.25, 0.3) is 0 Å². The summed E-state index contributed by atoms with van der Waals surface area (Å²) in [5.74, 6) is -0.877. The molecule has 0 bridgehead atoms. The fourth-order valence-corrected chi connectivity index (χ4v) is 1.74. The Morgan fingerprint density at radius 2 is 2.05 bits per heavy atom. The maximum atomic E-state index is 13.2. The van der Waals surface area contributed by atoms with Gasteiger partial charge in [-0.05, 0) is 23.8 Å². The van der Waals surface area contributed by atoms with Gasteiger partial charge in [0.1, 0.15) is 0 Å². The van der Waals surface area contributed by atoms with E-state index in [1.54, 1.807) is 24.3 Å². The van der Waals surface area contributed by atoms with Gasteiger partial charge in [0.15, 0.2) is 0 Å². The number of nitriles is 1. The molecule has 0 saturated carbocycles. The van der Waals surface area contributed by atoms with Gasteiger partial charge in [-0.2, -0.15) is 9.65 Å². The van der Waals surface area contributed by atoms with Crippen LogP contribution >= 0.6 is 0 Å². The molecule has 6 heteroatoms. The summed E-state index contributed by atoms with van der Waals surface area (Å²) in [5, 5.41) is 22.5. The first-order valence-corrected chi connectivity index (χ1v) is 5.77. The molecule has 0 aliphatic carbocycles. The number of nitro benzene ring substituents is 1. The number of benzene rings is 2. The number of nitrogens with one attached hydrogen (secondary N) is 1. The number of hydrogen-bond donors (Lipinski definition) is 1. The third-order valence-electron chi connectivity index (χ3n) is 2.76. The second-order valence-corrected chi connectivity index (χ2v) is 4.05. The number of nitrogens with zero attached hydrogens (tertiary/aromatic N) is 2. The molecular formula is C14H10FN3O2. The molecular weight excluding hydrogens is 261 g/mol. The molecule has 0 aromatic heterocycles. The summed E-state index contributed by atoms with van der Waals surface area (Å²) in [6, 6.07) is 12.7. The summed E-state index contributed by atoms with van der Waals surface area (Å²) < 4.78 is 13.2. The van der Waals surface area contributed by atoms with Gasteiger partial charge in [0.2, 0.25) is 5.82 Å². The normalized spacial score (nSPS) is 9.80. The third kappa shape index (κ3) is 2.90. The minimum Gasteiger partial charge on any atom is -0.381 e. The second-order valence-electron chi connectivity index (χ2n) is 4.05. The minimum absolute atomic E-state index is 0.326. The van der Waals surface area contributed by atoms with Crippen LogP contribution in [0.3, 0.4) is 0 Å². The largest absolute Gasteiger partial charge is 0.381 e. The van der Waals surface area contributed by atoms with Crippen molar-refractivity contribution in [3.05, 3.63) is 69.5 Å². The zero-order valence-corrected chi connectivity index (χ0v) is 10.3. The van der Waals surface area contributed by atoms with Crippen molar-refractivity contribution in [3.63, 3.8) is 0 Å². The van der Waals surface area contributed by atoms with Gasteiger partial charge in [0.25, 0.3) is 0 Å². The Morgan fingerprint density at radius 3 is 2.75 bits per heavy atom. The fraction of sp³-hybridized carbons (Fsp3) is 0.0714. The van der Waals surface area contributed by atoms with Crippen LogP contribution in [0.1, 0.15) is 11.1 Å². The molecule has 0 unspecified atom stereocenters. The Labute approximate surface area is 114 Å². The van der Waals surface area contributed by atoms with E-state index in [4.69, 9.17) is 5.26 Å². The quantitative estimate of drug-likeness (QED) is 0.684. The smallest absolute Gasteiger partial charge is 0.306 e. The number of rotatable bonds is 4. The van der Waals surface area contributed by atoms with E-state index in [0.717, 1.165) is 17.7 Å². The zero-order valence-electron chi connectivity index (χ0n) is 10.3. The van der Waals surface area contributed by atoms with Crippen molar-refractivity contribution < 1.29 is 9.31 Å². The van der Waals surface area contributed by atoms with Crippen LogP contribution in [-0.2, 0) is 6.54 Å². The van der Waals surface area contributed by atoms with Crippen molar-refractivity contribution in [2.45, 2.75) is 6.54 Å². The SMILES string of the molecule is N#Cc1ccccc1CNc1ccc(F)c([N+](=O)[O-])c1. The molecule has 0 aliphatic heterocycles. The van der Waals surface area contributed by atoms with Crippen LogP contribution < -0.4 is 5.32 Å². The first-order valence-electron chi connectivity index (χ1n) is 5.77. The van der Waals surface area contributed by atoms with Crippen molar-refractivity contribution >= 4 is 11.4 Å². The topological polar surface area (TPSA) is 79.0 Å². The van der Waals surface area contributed by atoms with Gasteiger partial charge in [0, 0.05) is 18.3 Å². The molecule has 100 valence electrons. The molecule has 2 aromatic carbocycles. The summed E-state index contributed by atoms with van der Waals surface area (Å²) >= 11 is 0. The lowest BCUT2D eigenvalue weighted by atomic mass is 10.1. The Kier molecular flexibility index (Phi) is 3.91. The van der Waals surface area contributed by atoms with Crippen molar-refractivity contribution in [1.82, 2.24) is 0 Å². The molecule has 0 radical (unpaired) electrons. The summed E-state index contributed by atoms with van der Waals surface area (Å²) in [5.41, 5.74) is 1.13. The Hall–Kier alpha value is -2.94. The fourth-order valence-electron chi connectivity index (χ4n) is 1.74. The molecule has 20 heavy (non-hydrogen) atoms. The molecule has 0 fully saturated rings. The standard InChI is InChI=1S/C14H10FN3O2/c15-13-6-5-12(7-14(13)18(19)20)17-9-11-4-2-1-3-10(11)8-16/h1-7,17H,9H2. The van der Waals surface area contributed by atoms with Gasteiger partial charge >= 0.3 is 5.69 Å². The first kappa shape index (κ1) is 13.5. The van der Waals surface area contributed by atoms with Gasteiger partial charge in [-0.3, -0.25) is 10.1 Å². The lowest BCUT2D eigenvalue weighted by Crippen LogP contribution is -2.02. The molecule has 2 aromatic rings. The van der Waals surface area contributed by atoms with E-state index in [1.807, 2.05) is 0 Å². The predicted octanol–water partition coefficient (Wildman–Crippen LogP) is 3.22. The number of hydrogen-bond acceptors (Lipinski definition) is 4. The van der Waals surface area contributed by atoms with Gasteiger partial charge in [-0.1, -0.05) is 18.2 Å². The number of nitro groups is 1. The summed E-state index contributed by atoms with van der Waals surface area (Å²) in [7, 11) is 0. The van der Waals surface area contributed by atoms with E-state index in [-0.39, 0.29) is 0 Å². The Morgan fingerprint density at radius 1 is 1.30 bits per heavy atom. The van der Waals surface area contributed by atoms with Crippen molar-refractivity contribution in [1.29, 1.82) is 5.26 Å². The maximum Gasteiger partial charge on any atom is 0.306 e. The van der Waals surface area contributed by atoms with E-state index in [1.165, 1.54) is 6.07 Å². The Bertz CT molecular complexity index is 695. The monoisotopic (exact) mass is 271 g/mol. The molecule has 0 aliphatic rings. The average Bonchev–Trinajstić information content (AvgIpc) is 2.46. The van der Waals surface area contributed by atoms with E-state index in [0.29, 0.717) is 17.8 Å². The molecule has 0 spiro atoms. The lowest BCUT2D eigenvalue weighted by molar-refractivity contribution is -0.387. The molecule has 2 rings (SSSR count). The number of halogens is 1. The third-order valence-corrected chi connectivity index (χ3v) is 2.76. The van der Waals surface area contributed by atoms with Crippen molar-refractivity contribution in [2.75, 3.05) is 5.32 Å². The summed E-state index contributed by atoms with van der Waals surface area (Å²) in [6.45, 7) is 0.326. The van der Waals surface area contributed by atoms with Crippen LogP contribution in [0.2, 0.25) is 0 Å². The highest BCUT2D eigenvalue weighted by molar-refractivity contribution is 5.52. The Balaban J connectivity index is 2.18. The van der Waals surface area contributed by atoms with Gasteiger partial charge < -0.3 is 5.32 Å². The zero-order chi connectivity index (χ0) is 14.5. The van der Waals surface area contributed by atoms with Gasteiger partial charge in [-0.25, -0.2) is 0 Å². The highest BCUT2D eigenvalue weighted by Crippen LogP contribution is 2.22. The van der Waals surface area contributed by atoms with E-state index < -0.39 is 16.4 Å². The number of anilines is 1. The maximum absolute atomic E-state index is 13.2. The van der Waals surface area contributed by atoms with Crippen LogP contribution in [-0.4, -0.2) is 4.92 Å². The highest BCUT2D eigenvalue weighted by Gasteiger charge is 2.14. The van der Waals surface area contributed by atoms with Crippen LogP contribution in [0, 0.1) is 27.3 Å². The van der Waals surface area contributed by atoms with Gasteiger partial charge in [0.05, 0.1) is 16.6 Å². The van der Waals surface area contributed by atoms with Gasteiger partial charge in [-0.15, -0.1) is 0 Å². The molecule has 5 nitrogen and oxygen atoms in total. The first-order chi connectivity index (χ1) is 9.61. The second kappa shape index (κ2) is 5.80. The lowest BCUT2D eigenvalue weighted by Gasteiger charge is -2.08. The highest BCUT2D eigenvalue weighted by atomic mass is 19.1. The average molecular weight is 271 g/mol. The van der Waals surface area contributed by atoms with Crippen molar-refractivity contribution in [3.8, 4) is 6.07 Å². The summed E-state index contributed by atoms with van der Waals surface area (Å²) in [4.78, 5) is 9.87. The van der Waals surface area contributed by atoms with E-state index in [9.17, 15) is 14.5 Å². The molecule has 0 saturated heterocycles. The van der Waals surface area contributed by atoms with Crippen LogP contribution in [0.15, 0.2) is 42.5 Å². The van der Waals surface area contributed by atoms with E-state index >= 15 is 0 Å². The predicted molar refractivity (Wildman–Crippen MR) is 71.5 cm³/mol.